The molecule has 3 aromatic rings. The van der Waals surface area contributed by atoms with E-state index in [0.717, 1.165) is 16.2 Å². The summed E-state index contributed by atoms with van der Waals surface area (Å²) in [6.45, 7) is 0. The third-order valence-electron chi connectivity index (χ3n) is 5.54. The van der Waals surface area contributed by atoms with E-state index in [1.165, 1.54) is 0 Å². The second-order valence-electron chi connectivity index (χ2n) is 7.14. The smallest absolute Gasteiger partial charge is 0.306 e. The molecule has 2 atom stereocenters. The minimum atomic E-state index is -1.46. The number of carbonyl (C=O) groups excluding carboxylic acids is 1. The highest BCUT2D eigenvalue weighted by Gasteiger charge is 2.61. The molecule has 0 saturated carbocycles. The van der Waals surface area contributed by atoms with E-state index in [1.807, 2.05) is 41.8 Å². The predicted octanol–water partition coefficient (Wildman–Crippen LogP) is 5.40. The molecular formula is C21H13Cl2N3O2S. The molecule has 3 aliphatic rings. The summed E-state index contributed by atoms with van der Waals surface area (Å²) in [5.74, 6) is 0.336. The number of benzene rings is 2. The third-order valence-corrected chi connectivity index (χ3v) is 6.98. The molecule has 1 amide bonds. The third kappa shape index (κ3) is 2.28. The van der Waals surface area contributed by atoms with Gasteiger partial charge in [0.05, 0.1) is 32.9 Å². The van der Waals surface area contributed by atoms with Crippen molar-refractivity contribution in [1.82, 2.24) is 5.01 Å². The van der Waals surface area contributed by atoms with Crippen LogP contribution in [-0.4, -0.2) is 16.6 Å². The summed E-state index contributed by atoms with van der Waals surface area (Å²) in [5, 5.41) is 12.4. The van der Waals surface area contributed by atoms with Gasteiger partial charge in [0, 0.05) is 17.0 Å². The van der Waals surface area contributed by atoms with Crippen molar-refractivity contribution in [3.8, 4) is 5.75 Å². The van der Waals surface area contributed by atoms with E-state index in [-0.39, 0.29) is 11.9 Å². The van der Waals surface area contributed by atoms with Crippen LogP contribution in [0.3, 0.4) is 0 Å². The van der Waals surface area contributed by atoms with E-state index in [0.29, 0.717) is 33.5 Å². The zero-order valence-electron chi connectivity index (χ0n) is 14.9. The molecule has 0 fully saturated rings. The summed E-state index contributed by atoms with van der Waals surface area (Å²) < 4.78 is 6.40. The lowest BCUT2D eigenvalue weighted by Crippen LogP contribution is -2.55. The summed E-state index contributed by atoms with van der Waals surface area (Å²) in [4.78, 5) is 14.4. The Hall–Kier alpha value is -2.54. The quantitative estimate of drug-likeness (QED) is 0.549. The van der Waals surface area contributed by atoms with Crippen molar-refractivity contribution in [2.45, 2.75) is 18.2 Å². The number of nitrogens with zero attached hydrogens (tertiary/aromatic N) is 2. The lowest BCUT2D eigenvalue weighted by molar-refractivity contribution is -0.161. The molecule has 1 aromatic heterocycles. The number of para-hydroxylation sites is 1. The predicted molar refractivity (Wildman–Crippen MR) is 114 cm³/mol. The van der Waals surface area contributed by atoms with Crippen LogP contribution in [0.4, 0.5) is 5.69 Å². The van der Waals surface area contributed by atoms with Crippen LogP contribution >= 0.6 is 34.5 Å². The summed E-state index contributed by atoms with van der Waals surface area (Å²) in [6.07, 6.45) is 0.680. The molecule has 0 bridgehead atoms. The zero-order chi connectivity index (χ0) is 19.8. The molecule has 6 rings (SSSR count). The first kappa shape index (κ1) is 17.3. The van der Waals surface area contributed by atoms with E-state index < -0.39 is 5.72 Å². The number of halogens is 2. The van der Waals surface area contributed by atoms with Gasteiger partial charge in [0.1, 0.15) is 5.75 Å². The van der Waals surface area contributed by atoms with Gasteiger partial charge in [-0.1, -0.05) is 47.5 Å². The topological polar surface area (TPSA) is 53.9 Å². The van der Waals surface area contributed by atoms with Gasteiger partial charge in [0.2, 0.25) is 0 Å². The van der Waals surface area contributed by atoms with Crippen molar-refractivity contribution in [3.63, 3.8) is 0 Å². The van der Waals surface area contributed by atoms with E-state index in [2.05, 4.69) is 5.32 Å². The lowest BCUT2D eigenvalue weighted by atomic mass is 9.93. The van der Waals surface area contributed by atoms with Gasteiger partial charge < -0.3 is 10.1 Å². The number of ether oxygens (including phenoxy) is 1. The maximum Gasteiger partial charge on any atom is 0.306 e. The molecule has 0 unspecified atom stereocenters. The number of hydrogen-bond donors (Lipinski definition) is 1. The average Bonchev–Trinajstić information content (AvgIpc) is 3.43. The van der Waals surface area contributed by atoms with Crippen molar-refractivity contribution in [1.29, 1.82) is 0 Å². The van der Waals surface area contributed by atoms with Gasteiger partial charge in [-0.3, -0.25) is 4.79 Å². The SMILES string of the molecule is O=C1Nc2c(Cl)cc(Cl)cc2[C@@]12Oc1ccccc1[C@H]1CC(c3cccs3)=NN12. The molecule has 1 N–H and O–H groups in total. The van der Waals surface area contributed by atoms with Crippen LogP contribution in [0.5, 0.6) is 5.75 Å². The van der Waals surface area contributed by atoms with Crippen LogP contribution in [0.15, 0.2) is 59.0 Å². The molecule has 5 nitrogen and oxygen atoms in total. The lowest BCUT2D eigenvalue weighted by Gasteiger charge is -2.44. The van der Waals surface area contributed by atoms with E-state index in [4.69, 9.17) is 33.0 Å². The van der Waals surface area contributed by atoms with Crippen molar-refractivity contribution in [2.75, 3.05) is 5.32 Å². The summed E-state index contributed by atoms with van der Waals surface area (Å²) in [6, 6.07) is 15.0. The number of amides is 1. The second-order valence-corrected chi connectivity index (χ2v) is 8.93. The Bertz CT molecular complexity index is 1210. The van der Waals surface area contributed by atoms with E-state index in [9.17, 15) is 4.79 Å². The van der Waals surface area contributed by atoms with Gasteiger partial charge in [-0.25, -0.2) is 5.01 Å². The highest BCUT2D eigenvalue weighted by molar-refractivity contribution is 7.12. The van der Waals surface area contributed by atoms with Gasteiger partial charge in [-0.2, -0.15) is 5.10 Å². The summed E-state index contributed by atoms with van der Waals surface area (Å²) >= 11 is 14.3. The second kappa shape index (κ2) is 5.98. The van der Waals surface area contributed by atoms with Crippen LogP contribution < -0.4 is 10.1 Å². The Labute approximate surface area is 180 Å². The fourth-order valence-electron chi connectivity index (χ4n) is 4.31. The van der Waals surface area contributed by atoms with Crippen molar-refractivity contribution in [2.24, 2.45) is 5.10 Å². The fourth-order valence-corrected chi connectivity index (χ4v) is 5.57. The number of thiophene rings is 1. The van der Waals surface area contributed by atoms with Crippen LogP contribution in [0, 0.1) is 0 Å². The van der Waals surface area contributed by atoms with E-state index in [1.54, 1.807) is 28.5 Å². The largest absolute Gasteiger partial charge is 0.453 e. The number of nitrogens with one attached hydrogen (secondary N) is 1. The number of carbonyl (C=O) groups is 1. The zero-order valence-corrected chi connectivity index (χ0v) is 17.2. The van der Waals surface area contributed by atoms with Crippen molar-refractivity contribution in [3.05, 3.63) is 80.0 Å². The standard InChI is InChI=1S/C21H13Cl2N3O2S/c22-11-8-13-19(14(23)9-11)24-20(27)21(13)26-16(12-4-1-2-5-17(12)28-21)10-15(25-26)18-6-3-7-29-18/h1-9,16H,10H2,(H,24,27)/t16-,21-/m1/s1. The Kier molecular flexibility index (Phi) is 3.57. The molecule has 1 spiro atoms. The maximum atomic E-state index is 13.4. The minimum absolute atomic E-state index is 0.133. The summed E-state index contributed by atoms with van der Waals surface area (Å²) in [5.41, 5.74) is 1.57. The highest BCUT2D eigenvalue weighted by atomic mass is 35.5. The van der Waals surface area contributed by atoms with Crippen LogP contribution in [-0.2, 0) is 10.5 Å². The first-order chi connectivity index (χ1) is 14.1. The Morgan fingerprint density at radius 1 is 1.21 bits per heavy atom. The average molecular weight is 442 g/mol. The van der Waals surface area contributed by atoms with Gasteiger partial charge in [-0.05, 0) is 29.6 Å². The van der Waals surface area contributed by atoms with Crippen LogP contribution in [0.25, 0.3) is 0 Å². The number of hydrazone groups is 1. The first-order valence-corrected chi connectivity index (χ1v) is 10.7. The van der Waals surface area contributed by atoms with Gasteiger partial charge >= 0.3 is 5.72 Å². The maximum absolute atomic E-state index is 13.4. The van der Waals surface area contributed by atoms with Crippen LogP contribution in [0.2, 0.25) is 10.0 Å². The van der Waals surface area contributed by atoms with Crippen molar-refractivity contribution >= 4 is 51.8 Å². The molecule has 29 heavy (non-hydrogen) atoms. The Morgan fingerprint density at radius 2 is 2.07 bits per heavy atom. The first-order valence-electron chi connectivity index (χ1n) is 9.07. The molecule has 144 valence electrons. The fraction of sp³-hybridized carbons (Fsp3) is 0.143. The normalized spacial score (nSPS) is 23.9. The molecule has 0 saturated heterocycles. The molecule has 8 heteroatoms. The molecule has 3 aliphatic heterocycles. The molecule has 4 heterocycles. The number of anilines is 1. The van der Waals surface area contributed by atoms with E-state index >= 15 is 0 Å². The molecule has 0 radical (unpaired) electrons. The number of fused-ring (bicyclic) bond motifs is 6. The number of rotatable bonds is 1. The molecular weight excluding hydrogens is 429 g/mol. The minimum Gasteiger partial charge on any atom is -0.453 e. The number of hydrogen-bond acceptors (Lipinski definition) is 5. The molecule has 2 aromatic carbocycles. The Morgan fingerprint density at radius 3 is 2.90 bits per heavy atom. The van der Waals surface area contributed by atoms with Crippen LogP contribution in [0.1, 0.15) is 28.5 Å². The van der Waals surface area contributed by atoms with Crippen molar-refractivity contribution < 1.29 is 9.53 Å². The molecule has 0 aliphatic carbocycles. The van der Waals surface area contributed by atoms with Gasteiger partial charge in [0.25, 0.3) is 5.91 Å². The van der Waals surface area contributed by atoms with Gasteiger partial charge in [-0.15, -0.1) is 11.3 Å². The summed E-state index contributed by atoms with van der Waals surface area (Å²) in [7, 11) is 0. The van der Waals surface area contributed by atoms with Gasteiger partial charge in [0.15, 0.2) is 0 Å². The Balaban J connectivity index is 1.62. The monoisotopic (exact) mass is 441 g/mol. The highest BCUT2D eigenvalue weighted by Crippen LogP contribution is 2.55.